The summed E-state index contributed by atoms with van der Waals surface area (Å²) in [6.45, 7) is 5.44. The molecular formula is C40H65N4O13P. The zero-order chi connectivity index (χ0) is 42.7. The van der Waals surface area contributed by atoms with Crippen LogP contribution in [-0.2, 0) is 56.7 Å². The van der Waals surface area contributed by atoms with Crippen molar-refractivity contribution in [2.24, 2.45) is 5.92 Å². The quantitative estimate of drug-likeness (QED) is 0.0346. The molecule has 0 aliphatic heterocycles. The van der Waals surface area contributed by atoms with Crippen LogP contribution in [0.4, 0.5) is 0 Å². The van der Waals surface area contributed by atoms with Crippen molar-refractivity contribution in [2.75, 3.05) is 105 Å². The summed E-state index contributed by atoms with van der Waals surface area (Å²) in [7, 11) is -3.70. The zero-order valence-corrected chi connectivity index (χ0v) is 35.0. The maximum Gasteiger partial charge on any atom is 0.328 e. The predicted octanol–water partition coefficient (Wildman–Crippen LogP) is 1.31. The van der Waals surface area contributed by atoms with E-state index in [-0.39, 0.29) is 128 Å². The third-order valence-corrected chi connectivity index (χ3v) is 10.4. The summed E-state index contributed by atoms with van der Waals surface area (Å²) in [5.41, 5.74) is -1.12. The largest absolute Gasteiger partial charge is 0.377 e. The highest BCUT2D eigenvalue weighted by atomic mass is 31.2. The average Bonchev–Trinajstić information content (AvgIpc) is 3.21. The van der Waals surface area contributed by atoms with E-state index in [1.54, 1.807) is 6.92 Å². The molecule has 17 nitrogen and oxygen atoms in total. The van der Waals surface area contributed by atoms with Crippen LogP contribution in [0, 0.1) is 42.9 Å². The molecule has 0 saturated heterocycles. The Bertz CT molecular complexity index is 1240. The highest BCUT2D eigenvalue weighted by molar-refractivity contribution is 7.52. The normalized spacial score (nSPS) is 16.2. The van der Waals surface area contributed by atoms with E-state index in [4.69, 9.17) is 52.2 Å². The molecule has 5 N–H and O–H groups in total. The smallest absolute Gasteiger partial charge is 0.328 e. The van der Waals surface area contributed by atoms with Crippen LogP contribution < -0.4 is 21.3 Å². The minimum absolute atomic E-state index is 0.00984. The number of amides is 4. The molecule has 58 heavy (non-hydrogen) atoms. The summed E-state index contributed by atoms with van der Waals surface area (Å²) in [5, 5.41) is 11.6. The molecule has 0 aromatic heterocycles. The second-order valence-corrected chi connectivity index (χ2v) is 15.6. The van der Waals surface area contributed by atoms with E-state index < -0.39 is 25.2 Å². The fourth-order valence-electron chi connectivity index (χ4n) is 5.83. The molecule has 18 heteroatoms. The lowest BCUT2D eigenvalue weighted by atomic mass is 9.81. The Kier molecular flexibility index (Phi) is 30.2. The Balaban J connectivity index is 3.03. The number of nitrogens with one attached hydrogen (secondary N) is 4. The van der Waals surface area contributed by atoms with Crippen LogP contribution in [0.15, 0.2) is 0 Å². The monoisotopic (exact) mass is 840 g/mol. The predicted molar refractivity (Wildman–Crippen MR) is 216 cm³/mol. The first-order valence-electron chi connectivity index (χ1n) is 19.9. The molecule has 0 radical (unpaired) electrons. The number of ether oxygens (including phenoxy) is 6. The fourth-order valence-corrected chi connectivity index (χ4v) is 6.65. The first kappa shape index (κ1) is 52.5. The summed E-state index contributed by atoms with van der Waals surface area (Å²) in [6, 6.07) is 0. The first-order valence-corrected chi connectivity index (χ1v) is 21.6. The van der Waals surface area contributed by atoms with E-state index in [0.717, 1.165) is 0 Å². The second-order valence-electron chi connectivity index (χ2n) is 13.5. The fraction of sp³-hybridized carbons (Fsp3) is 0.750. The molecule has 0 spiro atoms. The van der Waals surface area contributed by atoms with Crippen LogP contribution >= 0.6 is 7.60 Å². The van der Waals surface area contributed by atoms with E-state index in [2.05, 4.69) is 39.0 Å². The average molecular weight is 841 g/mol. The van der Waals surface area contributed by atoms with Gasteiger partial charge in [0.15, 0.2) is 0 Å². The highest BCUT2D eigenvalue weighted by Crippen LogP contribution is 2.45. The van der Waals surface area contributed by atoms with Gasteiger partial charge in [-0.2, -0.15) is 0 Å². The van der Waals surface area contributed by atoms with Gasteiger partial charge in [-0.25, -0.2) is 0 Å². The van der Waals surface area contributed by atoms with Gasteiger partial charge < -0.3 is 59.1 Å². The van der Waals surface area contributed by atoms with Crippen molar-refractivity contribution in [3.63, 3.8) is 0 Å². The van der Waals surface area contributed by atoms with Gasteiger partial charge in [-0.1, -0.05) is 24.7 Å². The van der Waals surface area contributed by atoms with Crippen molar-refractivity contribution in [1.29, 1.82) is 0 Å². The summed E-state index contributed by atoms with van der Waals surface area (Å²) in [5.74, 6) is 5.48. The molecule has 0 aromatic carbocycles. The molecule has 4 amide bonds. The lowest BCUT2D eigenvalue weighted by Gasteiger charge is -2.37. The second kappa shape index (κ2) is 33.3. The highest BCUT2D eigenvalue weighted by Gasteiger charge is 2.37. The van der Waals surface area contributed by atoms with Gasteiger partial charge in [0, 0.05) is 56.5 Å². The maximum absolute atomic E-state index is 13.9. The molecule has 1 rings (SSSR count). The third kappa shape index (κ3) is 27.2. The molecule has 1 fully saturated rings. The van der Waals surface area contributed by atoms with Crippen LogP contribution in [0.1, 0.15) is 71.1 Å². The van der Waals surface area contributed by atoms with Gasteiger partial charge in [-0.3, -0.25) is 23.7 Å². The van der Waals surface area contributed by atoms with E-state index in [1.807, 2.05) is 0 Å². The summed E-state index contributed by atoms with van der Waals surface area (Å²) < 4.78 is 49.5. The van der Waals surface area contributed by atoms with Crippen LogP contribution in [0.25, 0.3) is 0 Å². The van der Waals surface area contributed by atoms with E-state index >= 15 is 0 Å². The van der Waals surface area contributed by atoms with Crippen molar-refractivity contribution < 1.29 is 61.6 Å². The molecule has 1 atom stereocenters. The number of carbonyl (C=O) groups is 4. The minimum Gasteiger partial charge on any atom is -0.377 e. The minimum atomic E-state index is -3.70. The Labute approximate surface area is 344 Å². The number of hydrogen-bond donors (Lipinski definition) is 5. The van der Waals surface area contributed by atoms with Gasteiger partial charge in [-0.05, 0) is 44.9 Å². The third-order valence-electron chi connectivity index (χ3n) is 9.02. The van der Waals surface area contributed by atoms with Crippen molar-refractivity contribution >= 4 is 31.2 Å². The van der Waals surface area contributed by atoms with Gasteiger partial charge in [0.05, 0.1) is 65.6 Å². The molecule has 1 unspecified atom stereocenters. The van der Waals surface area contributed by atoms with Gasteiger partial charge in [-0.15, -0.1) is 19.3 Å². The summed E-state index contributed by atoms with van der Waals surface area (Å²) in [6.07, 6.45) is 17.1. The Morgan fingerprint density at radius 1 is 0.621 bits per heavy atom. The number of rotatable bonds is 35. The van der Waals surface area contributed by atoms with Gasteiger partial charge in [0.2, 0.25) is 23.6 Å². The molecule has 1 aliphatic rings. The van der Waals surface area contributed by atoms with E-state index in [0.29, 0.717) is 65.3 Å². The maximum atomic E-state index is 13.9. The summed E-state index contributed by atoms with van der Waals surface area (Å²) >= 11 is 0. The lowest BCUT2D eigenvalue weighted by molar-refractivity contribution is -0.131. The van der Waals surface area contributed by atoms with Gasteiger partial charge in [0.1, 0.15) is 19.8 Å². The zero-order valence-electron chi connectivity index (χ0n) is 34.1. The van der Waals surface area contributed by atoms with Crippen molar-refractivity contribution in [1.82, 2.24) is 21.3 Å². The van der Waals surface area contributed by atoms with Gasteiger partial charge in [0.25, 0.3) is 0 Å². The number of hydrogen-bond acceptors (Lipinski definition) is 12. The van der Waals surface area contributed by atoms with Crippen LogP contribution in [0.2, 0.25) is 0 Å². The van der Waals surface area contributed by atoms with Gasteiger partial charge >= 0.3 is 7.60 Å². The van der Waals surface area contributed by atoms with Crippen molar-refractivity contribution in [3.8, 4) is 37.0 Å². The number of terminal acetylenes is 3. The molecular weight excluding hydrogens is 775 g/mol. The van der Waals surface area contributed by atoms with E-state index in [1.165, 1.54) is 0 Å². The SMILES string of the molecule is C#CCOCCOCCNC(=O)CCC(CCC(=O)NCCOCCOCC#C)(CCC(=O)NCCOCCOCC#C)NC(=O)[C@H]1CC[C@@H](OP(=O)(O)CC)CC1. The Morgan fingerprint density at radius 2 is 0.983 bits per heavy atom. The molecule has 1 saturated carbocycles. The topological polar surface area (TPSA) is 218 Å². The molecule has 0 heterocycles. The van der Waals surface area contributed by atoms with E-state index in [9.17, 15) is 28.6 Å². The molecule has 0 aromatic rings. The number of carbonyl (C=O) groups excluding carboxylic acids is 4. The standard InChI is InChI=1S/C40H65N4O13P/c1-5-22-51-28-31-54-25-19-41-36(45)13-16-40(17-14-37(46)42-20-26-55-32-29-52-23-6-2,18-15-38(47)43-21-27-56-33-30-53-24-7-3)44-39(48)34-9-11-35(12-10-34)57-58(49,50)8-4/h1-3,34-35H,8-33H2,4H3,(H,41,45)(H,42,46)(H,43,47)(H,44,48)(H,49,50)/t34-,35+. The van der Waals surface area contributed by atoms with Crippen molar-refractivity contribution in [3.05, 3.63) is 0 Å². The Morgan fingerprint density at radius 3 is 1.33 bits per heavy atom. The van der Waals surface area contributed by atoms with Crippen LogP contribution in [-0.4, -0.2) is 145 Å². The lowest BCUT2D eigenvalue weighted by Crippen LogP contribution is -2.52. The van der Waals surface area contributed by atoms with Crippen LogP contribution in [0.3, 0.4) is 0 Å². The molecule has 0 bridgehead atoms. The molecule has 328 valence electrons. The Hall–Kier alpha value is -3.53. The van der Waals surface area contributed by atoms with Crippen LogP contribution in [0.5, 0.6) is 0 Å². The summed E-state index contributed by atoms with van der Waals surface area (Å²) in [4.78, 5) is 63.1. The van der Waals surface area contributed by atoms with Crippen molar-refractivity contribution in [2.45, 2.75) is 82.8 Å². The first-order chi connectivity index (χ1) is 28.0. The molecule has 1 aliphatic carbocycles.